The first-order chi connectivity index (χ1) is 12.6. The van der Waals surface area contributed by atoms with Crippen LogP contribution in [0.15, 0.2) is 35.6 Å². The van der Waals surface area contributed by atoms with E-state index in [-0.39, 0.29) is 30.2 Å². The number of allylic oxidation sites excluding steroid dienone is 1. The number of hydrogen-bond donors (Lipinski definition) is 0. The van der Waals surface area contributed by atoms with Crippen LogP contribution in [0.4, 0.5) is 0 Å². The van der Waals surface area contributed by atoms with Crippen molar-refractivity contribution in [1.82, 2.24) is 9.80 Å². The zero-order chi connectivity index (χ0) is 18.0. The molecule has 0 aromatic carbocycles. The Balaban J connectivity index is 1.59. The van der Waals surface area contributed by atoms with Crippen molar-refractivity contribution in [2.45, 2.75) is 32.1 Å². The normalized spacial score (nSPS) is 34.8. The number of fused-ring (bicyclic) bond motifs is 5. The minimum Gasteiger partial charge on any atom is -0.269 e. The first kappa shape index (κ1) is 15.7. The van der Waals surface area contributed by atoms with E-state index in [2.05, 4.69) is 0 Å². The summed E-state index contributed by atoms with van der Waals surface area (Å²) in [6, 6.07) is 0. The van der Waals surface area contributed by atoms with Crippen LogP contribution in [0, 0.1) is 23.7 Å². The lowest BCUT2D eigenvalue weighted by Crippen LogP contribution is -2.40. The van der Waals surface area contributed by atoms with Gasteiger partial charge in [-0.2, -0.15) is 0 Å². The molecule has 6 heteroatoms. The Kier molecular flexibility index (Phi) is 3.33. The molecule has 2 aliphatic heterocycles. The quantitative estimate of drug-likeness (QED) is 0.722. The monoisotopic (exact) mass is 352 g/mol. The smallest absolute Gasteiger partial charge is 0.258 e. The van der Waals surface area contributed by atoms with E-state index < -0.39 is 0 Å². The van der Waals surface area contributed by atoms with Crippen molar-refractivity contribution in [3.8, 4) is 0 Å². The molecule has 3 fully saturated rings. The molecule has 0 aromatic heterocycles. The van der Waals surface area contributed by atoms with Gasteiger partial charge in [-0.15, -0.1) is 0 Å². The van der Waals surface area contributed by atoms with Crippen molar-refractivity contribution in [2.75, 3.05) is 6.54 Å². The van der Waals surface area contributed by atoms with E-state index in [1.165, 1.54) is 48.5 Å². The first-order valence-electron chi connectivity index (χ1n) is 9.39. The molecule has 26 heavy (non-hydrogen) atoms. The summed E-state index contributed by atoms with van der Waals surface area (Å²) in [7, 11) is 0. The topological polar surface area (TPSA) is 74.8 Å². The Morgan fingerprint density at radius 1 is 0.769 bits per heavy atom. The van der Waals surface area contributed by atoms with Crippen molar-refractivity contribution in [3.63, 3.8) is 0 Å². The molecule has 6 nitrogen and oxygen atoms in total. The number of imide groups is 2. The number of rotatable bonds is 3. The van der Waals surface area contributed by atoms with E-state index in [4.69, 9.17) is 0 Å². The molecular formula is C20H20N2O4. The van der Waals surface area contributed by atoms with Crippen LogP contribution in [-0.2, 0) is 19.2 Å². The number of carbonyl (C=O) groups is 4. The van der Waals surface area contributed by atoms with Crippen molar-refractivity contribution >= 4 is 23.6 Å². The van der Waals surface area contributed by atoms with Crippen molar-refractivity contribution < 1.29 is 19.2 Å². The minimum absolute atomic E-state index is 0.00556. The number of carbonyl (C=O) groups excluding carboxylic acids is 4. The summed E-state index contributed by atoms with van der Waals surface area (Å²) >= 11 is 0. The third-order valence-corrected chi connectivity index (χ3v) is 6.87. The molecule has 5 aliphatic rings. The third-order valence-electron chi connectivity index (χ3n) is 6.87. The highest BCUT2D eigenvalue weighted by molar-refractivity contribution is 6.15. The van der Waals surface area contributed by atoms with E-state index in [9.17, 15) is 19.2 Å². The van der Waals surface area contributed by atoms with Gasteiger partial charge in [0.15, 0.2) is 0 Å². The van der Waals surface area contributed by atoms with Crippen LogP contribution in [0.25, 0.3) is 0 Å². The maximum absolute atomic E-state index is 12.4. The van der Waals surface area contributed by atoms with Crippen LogP contribution in [0.2, 0.25) is 0 Å². The van der Waals surface area contributed by atoms with Gasteiger partial charge >= 0.3 is 0 Å². The van der Waals surface area contributed by atoms with Gasteiger partial charge in [-0.05, 0) is 54.9 Å². The number of nitrogens with zero attached hydrogens (tertiary/aromatic N) is 2. The van der Waals surface area contributed by atoms with E-state index in [0.717, 1.165) is 23.3 Å². The summed E-state index contributed by atoms with van der Waals surface area (Å²) < 4.78 is 0. The molecule has 0 saturated heterocycles. The fraction of sp³-hybridized carbons (Fsp3) is 0.500. The van der Waals surface area contributed by atoms with Crippen LogP contribution >= 0.6 is 0 Å². The Morgan fingerprint density at radius 3 is 1.81 bits per heavy atom. The van der Waals surface area contributed by atoms with E-state index in [1.807, 2.05) is 0 Å². The maximum atomic E-state index is 12.4. The average molecular weight is 352 g/mol. The van der Waals surface area contributed by atoms with Crippen LogP contribution in [0.3, 0.4) is 0 Å². The summed E-state index contributed by atoms with van der Waals surface area (Å²) in [4.78, 5) is 51.2. The van der Waals surface area contributed by atoms with Gasteiger partial charge in [-0.3, -0.25) is 24.1 Å². The molecule has 3 saturated carbocycles. The Hall–Kier alpha value is -2.50. The van der Waals surface area contributed by atoms with Gasteiger partial charge in [0.1, 0.15) is 0 Å². The maximum Gasteiger partial charge on any atom is 0.258 e. The fourth-order valence-corrected chi connectivity index (χ4v) is 5.97. The summed E-state index contributed by atoms with van der Waals surface area (Å²) in [6.45, 7) is 0.00556. The summed E-state index contributed by atoms with van der Waals surface area (Å²) in [5.41, 5.74) is 1.75. The zero-order valence-corrected chi connectivity index (χ0v) is 14.4. The molecule has 0 spiro atoms. The largest absolute Gasteiger partial charge is 0.269 e. The van der Waals surface area contributed by atoms with Crippen LogP contribution in [0.5, 0.6) is 0 Å². The lowest BCUT2D eigenvalue weighted by atomic mass is 9.82. The highest BCUT2D eigenvalue weighted by Crippen LogP contribution is 2.62. The molecule has 0 N–H and O–H groups in total. The SMILES string of the molecule is O=C1C=CC(=O)N1CC(=C1C2CCC1C1CCCC21)N1C(=O)C=CC1=O. The highest BCUT2D eigenvalue weighted by atomic mass is 16.2. The summed E-state index contributed by atoms with van der Waals surface area (Å²) in [5.74, 6) is 0.498. The molecule has 5 rings (SSSR count). The summed E-state index contributed by atoms with van der Waals surface area (Å²) in [5, 5.41) is 0. The lowest BCUT2D eigenvalue weighted by Gasteiger charge is -2.27. The van der Waals surface area contributed by atoms with Gasteiger partial charge in [0, 0.05) is 30.0 Å². The molecule has 4 atom stereocenters. The Morgan fingerprint density at radius 2 is 1.27 bits per heavy atom. The second-order valence-electron chi connectivity index (χ2n) is 7.89. The number of hydrogen-bond acceptors (Lipinski definition) is 4. The van der Waals surface area contributed by atoms with E-state index in [0.29, 0.717) is 29.4 Å². The van der Waals surface area contributed by atoms with Gasteiger partial charge in [-0.25, -0.2) is 4.90 Å². The predicted octanol–water partition coefficient (Wildman–Crippen LogP) is 1.55. The fourth-order valence-electron chi connectivity index (χ4n) is 5.97. The van der Waals surface area contributed by atoms with Crippen LogP contribution in [0.1, 0.15) is 32.1 Å². The second kappa shape index (κ2) is 5.50. The third kappa shape index (κ3) is 2.04. The molecule has 0 aromatic rings. The van der Waals surface area contributed by atoms with Gasteiger partial charge in [0.05, 0.1) is 6.54 Å². The van der Waals surface area contributed by atoms with Gasteiger partial charge in [-0.1, -0.05) is 6.42 Å². The lowest BCUT2D eigenvalue weighted by molar-refractivity contribution is -0.140. The molecule has 2 heterocycles. The molecular weight excluding hydrogens is 332 g/mol. The van der Waals surface area contributed by atoms with Gasteiger partial charge in [0.2, 0.25) is 0 Å². The number of amides is 4. The van der Waals surface area contributed by atoms with Crippen molar-refractivity contribution in [2.24, 2.45) is 23.7 Å². The van der Waals surface area contributed by atoms with Crippen LogP contribution in [-0.4, -0.2) is 40.0 Å². The second-order valence-corrected chi connectivity index (χ2v) is 7.89. The van der Waals surface area contributed by atoms with E-state index in [1.54, 1.807) is 0 Å². The highest BCUT2D eigenvalue weighted by Gasteiger charge is 2.54. The molecule has 134 valence electrons. The van der Waals surface area contributed by atoms with Gasteiger partial charge < -0.3 is 0 Å². The van der Waals surface area contributed by atoms with Crippen molar-refractivity contribution in [1.29, 1.82) is 0 Å². The van der Waals surface area contributed by atoms with E-state index >= 15 is 0 Å². The first-order valence-corrected chi connectivity index (χ1v) is 9.39. The van der Waals surface area contributed by atoms with Crippen molar-refractivity contribution in [3.05, 3.63) is 35.6 Å². The minimum atomic E-state index is -0.384. The Labute approximate surface area is 151 Å². The molecule has 2 bridgehead atoms. The van der Waals surface area contributed by atoms with Crippen LogP contribution < -0.4 is 0 Å². The molecule has 3 aliphatic carbocycles. The molecule has 0 radical (unpaired) electrons. The Bertz CT molecular complexity index is 781. The predicted molar refractivity (Wildman–Crippen MR) is 90.9 cm³/mol. The zero-order valence-electron chi connectivity index (χ0n) is 14.4. The summed E-state index contributed by atoms with van der Waals surface area (Å²) in [6.07, 6.45) is 10.8. The van der Waals surface area contributed by atoms with Gasteiger partial charge in [0.25, 0.3) is 23.6 Å². The average Bonchev–Trinajstić information content (AvgIpc) is 3.39. The molecule has 4 unspecified atom stereocenters. The molecule has 4 amide bonds. The standard InChI is InChI=1S/C20H20N2O4/c23-16-6-7-17(24)21(16)10-15(22-18(25)8-9-19(22)26)20-13-4-5-14(20)12-3-1-2-11(12)13/h6-9,11-14H,1-5,10H2.